The van der Waals surface area contributed by atoms with Crippen LogP contribution in [-0.2, 0) is 11.2 Å². The third kappa shape index (κ3) is 1.90. The van der Waals surface area contributed by atoms with E-state index in [1.807, 2.05) is 0 Å². The highest BCUT2D eigenvalue weighted by molar-refractivity contribution is 5.87. The molecular weight excluding hydrogens is 258 g/mol. The highest BCUT2D eigenvalue weighted by Gasteiger charge is 2.27. The predicted octanol–water partition coefficient (Wildman–Crippen LogP) is 4.65. The molecule has 1 aromatic heterocycles. The minimum atomic E-state index is 0.196. The number of benzene rings is 2. The summed E-state index contributed by atoms with van der Waals surface area (Å²) in [5.74, 6) is 0. The summed E-state index contributed by atoms with van der Waals surface area (Å²) < 4.78 is 8.41. The van der Waals surface area contributed by atoms with Gasteiger partial charge >= 0.3 is 0 Å². The molecule has 3 aromatic rings. The molecule has 2 aromatic carbocycles. The fourth-order valence-electron chi connectivity index (χ4n) is 3.48. The smallest absolute Gasteiger partial charge is 0.0978 e. The van der Waals surface area contributed by atoms with Gasteiger partial charge in [0.1, 0.15) is 0 Å². The van der Waals surface area contributed by atoms with E-state index in [4.69, 9.17) is 4.74 Å². The van der Waals surface area contributed by atoms with Crippen molar-refractivity contribution in [1.82, 2.24) is 4.57 Å². The van der Waals surface area contributed by atoms with Crippen LogP contribution in [0.15, 0.2) is 54.6 Å². The number of aromatic nitrogens is 1. The topological polar surface area (TPSA) is 14.2 Å². The zero-order valence-electron chi connectivity index (χ0n) is 12.3. The maximum Gasteiger partial charge on any atom is 0.0978 e. The Hall–Kier alpha value is -2.06. The second-order valence-electron chi connectivity index (χ2n) is 5.57. The monoisotopic (exact) mass is 277 g/mol. The molecule has 106 valence electrons. The quantitative estimate of drug-likeness (QED) is 0.665. The van der Waals surface area contributed by atoms with Gasteiger partial charge in [-0.1, -0.05) is 43.3 Å². The highest BCUT2D eigenvalue weighted by atomic mass is 16.5. The minimum absolute atomic E-state index is 0.196. The molecule has 1 atom stereocenters. The lowest BCUT2D eigenvalue weighted by atomic mass is 10.0. The Morgan fingerprint density at radius 2 is 1.81 bits per heavy atom. The first-order chi connectivity index (χ1) is 10.4. The Morgan fingerprint density at radius 3 is 2.62 bits per heavy atom. The molecule has 0 radical (unpaired) electrons. The summed E-state index contributed by atoms with van der Waals surface area (Å²) in [6.45, 7) is 3.03. The maximum atomic E-state index is 6.02. The van der Waals surface area contributed by atoms with Crippen LogP contribution in [0, 0.1) is 0 Å². The van der Waals surface area contributed by atoms with Crippen LogP contribution in [-0.4, -0.2) is 11.2 Å². The van der Waals surface area contributed by atoms with Gasteiger partial charge < -0.3 is 9.30 Å². The lowest BCUT2D eigenvalue weighted by Crippen LogP contribution is -2.18. The highest BCUT2D eigenvalue weighted by Crippen LogP contribution is 2.38. The van der Waals surface area contributed by atoms with Gasteiger partial charge in [0.25, 0.3) is 0 Å². The lowest BCUT2D eigenvalue weighted by Gasteiger charge is -2.25. The molecule has 2 heterocycles. The van der Waals surface area contributed by atoms with Gasteiger partial charge in [-0.2, -0.15) is 0 Å². The van der Waals surface area contributed by atoms with Crippen molar-refractivity contribution in [2.75, 3.05) is 6.61 Å². The average molecular weight is 277 g/mol. The SMILES string of the molecule is CCC1OCCc2c1n(-c1ccccc1)c1ccccc21. The average Bonchev–Trinajstić information content (AvgIpc) is 2.90. The van der Waals surface area contributed by atoms with Gasteiger partial charge in [0, 0.05) is 11.1 Å². The predicted molar refractivity (Wildman–Crippen MR) is 86.0 cm³/mol. The fourth-order valence-corrected chi connectivity index (χ4v) is 3.48. The molecular formula is C19H19NO. The molecule has 0 N–H and O–H groups in total. The van der Waals surface area contributed by atoms with E-state index in [1.165, 1.54) is 27.8 Å². The Balaban J connectivity index is 2.09. The lowest BCUT2D eigenvalue weighted by molar-refractivity contribution is 0.0362. The summed E-state index contributed by atoms with van der Waals surface area (Å²) in [6, 6.07) is 19.3. The summed E-state index contributed by atoms with van der Waals surface area (Å²) in [6.07, 6.45) is 2.21. The van der Waals surface area contributed by atoms with Gasteiger partial charge in [0.15, 0.2) is 0 Å². The van der Waals surface area contributed by atoms with Crippen LogP contribution in [0.2, 0.25) is 0 Å². The van der Waals surface area contributed by atoms with E-state index in [-0.39, 0.29) is 6.10 Å². The Bertz CT molecular complexity index is 773. The molecule has 0 bridgehead atoms. The van der Waals surface area contributed by atoms with E-state index in [2.05, 4.69) is 66.1 Å². The molecule has 0 amide bonds. The van der Waals surface area contributed by atoms with Crippen LogP contribution in [0.4, 0.5) is 0 Å². The summed E-state index contributed by atoms with van der Waals surface area (Å²) in [7, 11) is 0. The van der Waals surface area contributed by atoms with Crippen molar-refractivity contribution in [2.45, 2.75) is 25.9 Å². The molecule has 21 heavy (non-hydrogen) atoms. The second-order valence-corrected chi connectivity index (χ2v) is 5.57. The van der Waals surface area contributed by atoms with E-state index in [9.17, 15) is 0 Å². The fraction of sp³-hybridized carbons (Fsp3) is 0.263. The van der Waals surface area contributed by atoms with E-state index in [0.29, 0.717) is 0 Å². The number of ether oxygens (including phenoxy) is 1. The van der Waals surface area contributed by atoms with E-state index in [0.717, 1.165) is 19.4 Å². The van der Waals surface area contributed by atoms with Crippen molar-refractivity contribution < 1.29 is 4.74 Å². The van der Waals surface area contributed by atoms with Crippen molar-refractivity contribution in [3.8, 4) is 5.69 Å². The number of hydrogen-bond donors (Lipinski definition) is 0. The molecule has 1 aliphatic rings. The van der Waals surface area contributed by atoms with Gasteiger partial charge in [-0.3, -0.25) is 0 Å². The van der Waals surface area contributed by atoms with Crippen molar-refractivity contribution in [3.05, 3.63) is 65.9 Å². The van der Waals surface area contributed by atoms with E-state index >= 15 is 0 Å². The summed E-state index contributed by atoms with van der Waals surface area (Å²) in [5, 5.41) is 1.37. The zero-order valence-corrected chi connectivity index (χ0v) is 12.3. The molecule has 2 nitrogen and oxygen atoms in total. The van der Waals surface area contributed by atoms with Crippen LogP contribution in [0.3, 0.4) is 0 Å². The van der Waals surface area contributed by atoms with Gasteiger partial charge in [0.2, 0.25) is 0 Å². The zero-order chi connectivity index (χ0) is 14.2. The molecule has 1 unspecified atom stereocenters. The van der Waals surface area contributed by atoms with Gasteiger partial charge in [-0.05, 0) is 36.6 Å². The van der Waals surface area contributed by atoms with Gasteiger partial charge in [0.05, 0.1) is 23.9 Å². The first-order valence-corrected chi connectivity index (χ1v) is 7.69. The first kappa shape index (κ1) is 12.7. The molecule has 0 fully saturated rings. The van der Waals surface area contributed by atoms with Crippen molar-refractivity contribution >= 4 is 10.9 Å². The van der Waals surface area contributed by atoms with Gasteiger partial charge in [-0.25, -0.2) is 0 Å². The minimum Gasteiger partial charge on any atom is -0.372 e. The molecule has 0 aliphatic carbocycles. The van der Waals surface area contributed by atoms with E-state index in [1.54, 1.807) is 0 Å². The maximum absolute atomic E-state index is 6.02. The molecule has 4 rings (SSSR count). The molecule has 2 heteroatoms. The Kier molecular flexibility index (Phi) is 3.04. The third-order valence-corrected chi connectivity index (χ3v) is 4.38. The largest absolute Gasteiger partial charge is 0.372 e. The van der Waals surface area contributed by atoms with Crippen LogP contribution in [0.25, 0.3) is 16.6 Å². The Labute approximate surface area is 125 Å². The summed E-state index contributed by atoms with van der Waals surface area (Å²) in [5.41, 5.74) is 5.32. The van der Waals surface area contributed by atoms with Gasteiger partial charge in [-0.15, -0.1) is 0 Å². The standard InChI is InChI=1S/C19H19NO/c1-2-18-19-16(12-13-21-18)15-10-6-7-11-17(15)20(19)14-8-4-3-5-9-14/h3-11,18H,2,12-13H2,1H3. The van der Waals surface area contributed by atoms with Crippen LogP contribution in [0.1, 0.15) is 30.7 Å². The summed E-state index contributed by atoms with van der Waals surface area (Å²) in [4.78, 5) is 0. The normalized spacial score (nSPS) is 17.9. The third-order valence-electron chi connectivity index (χ3n) is 4.38. The molecule has 0 saturated carbocycles. The molecule has 0 saturated heterocycles. The molecule has 0 spiro atoms. The number of nitrogens with zero attached hydrogens (tertiary/aromatic N) is 1. The number of rotatable bonds is 2. The number of fused-ring (bicyclic) bond motifs is 3. The number of hydrogen-bond acceptors (Lipinski definition) is 1. The van der Waals surface area contributed by atoms with Crippen molar-refractivity contribution in [2.24, 2.45) is 0 Å². The van der Waals surface area contributed by atoms with Crippen LogP contribution in [0.5, 0.6) is 0 Å². The number of para-hydroxylation sites is 2. The van der Waals surface area contributed by atoms with Crippen molar-refractivity contribution in [3.63, 3.8) is 0 Å². The van der Waals surface area contributed by atoms with Crippen molar-refractivity contribution in [1.29, 1.82) is 0 Å². The second kappa shape index (κ2) is 5.05. The van der Waals surface area contributed by atoms with Crippen LogP contribution >= 0.6 is 0 Å². The first-order valence-electron chi connectivity index (χ1n) is 7.69. The Morgan fingerprint density at radius 1 is 1.05 bits per heavy atom. The van der Waals surface area contributed by atoms with E-state index < -0.39 is 0 Å². The summed E-state index contributed by atoms with van der Waals surface area (Å²) >= 11 is 0. The van der Waals surface area contributed by atoms with Crippen LogP contribution < -0.4 is 0 Å². The molecule has 1 aliphatic heterocycles.